The zero-order chi connectivity index (χ0) is 11.3. The molecule has 1 radical (unpaired) electrons. The zero-order valence-corrected chi connectivity index (χ0v) is 8.03. The number of nitrogens with two attached hydrogens (primary N) is 1. The summed E-state index contributed by atoms with van der Waals surface area (Å²) < 4.78 is 0. The Hall–Kier alpha value is -2.04. The first-order valence-corrected chi connectivity index (χ1v) is 4.38. The van der Waals surface area contributed by atoms with Crippen molar-refractivity contribution in [1.29, 1.82) is 5.41 Å². The largest absolute Gasteiger partial charge is 0.508 e. The van der Waals surface area contributed by atoms with Gasteiger partial charge in [-0.3, -0.25) is 10.2 Å². The molecule has 15 heavy (non-hydrogen) atoms. The predicted molar refractivity (Wildman–Crippen MR) is 56.3 cm³/mol. The van der Waals surface area contributed by atoms with Gasteiger partial charge in [-0.15, -0.1) is 0 Å². The molecule has 5 heteroatoms. The smallest absolute Gasteiger partial charge is 0.223 e. The Labute approximate surface area is 87.4 Å². The normalized spacial score (nSPS) is 11.7. The quantitative estimate of drug-likeness (QED) is 0.408. The molecular weight excluding hydrogens is 194 g/mol. The summed E-state index contributed by atoms with van der Waals surface area (Å²) in [6.07, 6.45) is 2.13. The Morgan fingerprint density at radius 2 is 2.13 bits per heavy atom. The predicted octanol–water partition coefficient (Wildman–Crippen LogP) is -0.104. The SMILES string of the molecule is N=C(N)N[C@H]([C]=O)Cc1ccc(O)cc1. The topological polar surface area (TPSA) is 99.2 Å². The van der Waals surface area contributed by atoms with Gasteiger partial charge in [0.2, 0.25) is 6.29 Å². The van der Waals surface area contributed by atoms with Crippen molar-refractivity contribution in [2.45, 2.75) is 12.5 Å². The van der Waals surface area contributed by atoms with E-state index in [4.69, 9.17) is 16.2 Å². The molecule has 5 nitrogen and oxygen atoms in total. The first-order valence-electron chi connectivity index (χ1n) is 4.38. The van der Waals surface area contributed by atoms with Crippen molar-refractivity contribution in [3.63, 3.8) is 0 Å². The van der Waals surface area contributed by atoms with Gasteiger partial charge < -0.3 is 16.2 Å². The minimum absolute atomic E-state index is 0.171. The van der Waals surface area contributed by atoms with Gasteiger partial charge in [-0.2, -0.15) is 0 Å². The first kappa shape index (κ1) is 11.0. The second-order valence-electron chi connectivity index (χ2n) is 3.10. The molecule has 0 fully saturated rings. The molecule has 0 aliphatic rings. The third kappa shape index (κ3) is 3.68. The zero-order valence-electron chi connectivity index (χ0n) is 8.03. The summed E-state index contributed by atoms with van der Waals surface area (Å²) in [4.78, 5) is 10.5. The van der Waals surface area contributed by atoms with Crippen LogP contribution in [0.1, 0.15) is 5.56 Å². The Bertz CT molecular complexity index is 348. The summed E-state index contributed by atoms with van der Waals surface area (Å²) in [6, 6.07) is 5.82. The fourth-order valence-corrected chi connectivity index (χ4v) is 1.18. The summed E-state index contributed by atoms with van der Waals surface area (Å²) in [6.45, 7) is 0. The highest BCUT2D eigenvalue weighted by molar-refractivity contribution is 5.78. The average molecular weight is 206 g/mol. The van der Waals surface area contributed by atoms with E-state index in [0.717, 1.165) is 5.56 Å². The molecule has 0 saturated heterocycles. The Kier molecular flexibility index (Phi) is 3.68. The van der Waals surface area contributed by atoms with Crippen LogP contribution in [0.2, 0.25) is 0 Å². The van der Waals surface area contributed by atoms with Crippen molar-refractivity contribution < 1.29 is 9.90 Å². The van der Waals surface area contributed by atoms with Gasteiger partial charge in [-0.05, 0) is 17.7 Å². The molecule has 1 aromatic carbocycles. The molecule has 0 aliphatic carbocycles. The summed E-state index contributed by atoms with van der Waals surface area (Å²) >= 11 is 0. The van der Waals surface area contributed by atoms with Gasteiger partial charge in [0.1, 0.15) is 5.75 Å². The van der Waals surface area contributed by atoms with E-state index in [0.29, 0.717) is 6.42 Å². The Balaban J connectivity index is 2.62. The number of benzene rings is 1. The lowest BCUT2D eigenvalue weighted by Crippen LogP contribution is -2.41. The number of hydrogen-bond acceptors (Lipinski definition) is 3. The van der Waals surface area contributed by atoms with Crippen LogP contribution in [-0.2, 0) is 11.2 Å². The molecule has 0 unspecified atom stereocenters. The molecular formula is C10H12N3O2. The van der Waals surface area contributed by atoms with Crippen LogP contribution in [0.4, 0.5) is 0 Å². The highest BCUT2D eigenvalue weighted by Gasteiger charge is 2.09. The molecule has 0 spiro atoms. The number of rotatable bonds is 4. The van der Waals surface area contributed by atoms with E-state index >= 15 is 0 Å². The molecule has 1 atom stereocenters. The van der Waals surface area contributed by atoms with Crippen molar-refractivity contribution >= 4 is 12.2 Å². The van der Waals surface area contributed by atoms with Gasteiger partial charge in [-0.1, -0.05) is 12.1 Å². The van der Waals surface area contributed by atoms with Crippen molar-refractivity contribution in [2.75, 3.05) is 0 Å². The summed E-state index contributed by atoms with van der Waals surface area (Å²) in [5, 5.41) is 18.5. The average Bonchev–Trinajstić information content (AvgIpc) is 2.19. The monoisotopic (exact) mass is 206 g/mol. The minimum atomic E-state index is -0.632. The number of nitrogens with one attached hydrogen (secondary N) is 2. The molecule has 1 rings (SSSR count). The van der Waals surface area contributed by atoms with E-state index in [2.05, 4.69) is 5.32 Å². The van der Waals surface area contributed by atoms with E-state index in [1.165, 1.54) is 12.1 Å². The first-order chi connectivity index (χ1) is 7.11. The maximum atomic E-state index is 10.5. The molecule has 0 bridgehead atoms. The number of hydrogen-bond donors (Lipinski definition) is 4. The number of guanidine groups is 1. The fraction of sp³-hybridized carbons (Fsp3) is 0.200. The van der Waals surface area contributed by atoms with Crippen molar-refractivity contribution in [3.05, 3.63) is 29.8 Å². The lowest BCUT2D eigenvalue weighted by Gasteiger charge is -2.11. The highest BCUT2D eigenvalue weighted by Crippen LogP contribution is 2.10. The summed E-state index contributed by atoms with van der Waals surface area (Å²) in [5.74, 6) is -0.0907. The van der Waals surface area contributed by atoms with Crippen LogP contribution >= 0.6 is 0 Å². The second-order valence-corrected chi connectivity index (χ2v) is 3.10. The van der Waals surface area contributed by atoms with Crippen molar-refractivity contribution in [1.82, 2.24) is 5.32 Å². The van der Waals surface area contributed by atoms with E-state index < -0.39 is 6.04 Å². The molecule has 1 aromatic rings. The van der Waals surface area contributed by atoms with Gasteiger partial charge >= 0.3 is 0 Å². The van der Waals surface area contributed by atoms with Crippen LogP contribution in [-0.4, -0.2) is 23.4 Å². The van der Waals surface area contributed by atoms with Gasteiger partial charge in [0.15, 0.2) is 5.96 Å². The molecule has 0 aliphatic heterocycles. The van der Waals surface area contributed by atoms with Crippen molar-refractivity contribution in [3.8, 4) is 5.75 Å². The van der Waals surface area contributed by atoms with Crippen LogP contribution in [0.25, 0.3) is 0 Å². The van der Waals surface area contributed by atoms with Crippen LogP contribution in [0.15, 0.2) is 24.3 Å². The highest BCUT2D eigenvalue weighted by atomic mass is 16.3. The fourth-order valence-electron chi connectivity index (χ4n) is 1.18. The molecule has 5 N–H and O–H groups in total. The Morgan fingerprint density at radius 3 is 2.60 bits per heavy atom. The van der Waals surface area contributed by atoms with Gasteiger partial charge in [0, 0.05) is 6.42 Å². The van der Waals surface area contributed by atoms with Crippen LogP contribution in [0.5, 0.6) is 5.75 Å². The van der Waals surface area contributed by atoms with Crippen molar-refractivity contribution in [2.24, 2.45) is 5.73 Å². The van der Waals surface area contributed by atoms with Gasteiger partial charge in [0.05, 0.1) is 6.04 Å². The van der Waals surface area contributed by atoms with E-state index in [9.17, 15) is 4.79 Å². The lowest BCUT2D eigenvalue weighted by molar-refractivity contribution is 0.475. The molecule has 79 valence electrons. The van der Waals surface area contributed by atoms with E-state index in [-0.39, 0.29) is 11.7 Å². The van der Waals surface area contributed by atoms with Crippen LogP contribution in [0.3, 0.4) is 0 Å². The van der Waals surface area contributed by atoms with Crippen LogP contribution < -0.4 is 11.1 Å². The second kappa shape index (κ2) is 4.99. The van der Waals surface area contributed by atoms with E-state index in [1.807, 2.05) is 0 Å². The maximum Gasteiger partial charge on any atom is 0.223 e. The standard InChI is InChI=1S/C10H12N3O2/c11-10(12)13-8(6-14)5-7-1-3-9(15)4-2-7/h1-4,8,15H,5H2,(H4,11,12,13)/t8-/m0/s1. The molecule has 0 aromatic heterocycles. The molecule has 0 amide bonds. The lowest BCUT2D eigenvalue weighted by atomic mass is 10.1. The number of aromatic hydroxyl groups is 1. The number of carbonyl (C=O) groups excluding carboxylic acids is 1. The molecule has 0 heterocycles. The summed E-state index contributed by atoms with van der Waals surface area (Å²) in [7, 11) is 0. The van der Waals surface area contributed by atoms with Gasteiger partial charge in [-0.25, -0.2) is 0 Å². The number of phenolic OH excluding ortho intramolecular Hbond substituents is 1. The minimum Gasteiger partial charge on any atom is -0.508 e. The third-order valence-corrected chi connectivity index (χ3v) is 1.85. The van der Waals surface area contributed by atoms with E-state index in [1.54, 1.807) is 18.4 Å². The Morgan fingerprint density at radius 1 is 1.53 bits per heavy atom. The number of phenols is 1. The summed E-state index contributed by atoms with van der Waals surface area (Å²) in [5.41, 5.74) is 5.96. The maximum absolute atomic E-state index is 10.5. The van der Waals surface area contributed by atoms with Gasteiger partial charge in [0.25, 0.3) is 0 Å². The molecule has 0 saturated carbocycles. The third-order valence-electron chi connectivity index (χ3n) is 1.85. The van der Waals surface area contributed by atoms with Crippen LogP contribution in [0, 0.1) is 5.41 Å².